The summed E-state index contributed by atoms with van der Waals surface area (Å²) in [6, 6.07) is -0.402. The first-order chi connectivity index (χ1) is 9.63. The summed E-state index contributed by atoms with van der Waals surface area (Å²) in [5.41, 5.74) is 5.82. The summed E-state index contributed by atoms with van der Waals surface area (Å²) in [4.78, 5) is 14.2. The fourth-order valence-corrected chi connectivity index (χ4v) is 2.51. The van der Waals surface area contributed by atoms with Crippen LogP contribution in [0.3, 0.4) is 0 Å². The van der Waals surface area contributed by atoms with Crippen LogP contribution in [-0.2, 0) is 9.53 Å². The minimum Gasteiger partial charge on any atom is -0.385 e. The van der Waals surface area contributed by atoms with Gasteiger partial charge in [-0.3, -0.25) is 4.79 Å². The molecule has 1 unspecified atom stereocenters. The second-order valence-electron chi connectivity index (χ2n) is 5.91. The molecule has 1 fully saturated rings. The van der Waals surface area contributed by atoms with Gasteiger partial charge in [-0.25, -0.2) is 0 Å². The van der Waals surface area contributed by atoms with Crippen molar-refractivity contribution < 1.29 is 9.53 Å². The van der Waals surface area contributed by atoms with E-state index in [-0.39, 0.29) is 5.91 Å². The normalized spacial score (nSPS) is 18.9. The van der Waals surface area contributed by atoms with E-state index >= 15 is 0 Å². The minimum absolute atomic E-state index is 0.0339. The van der Waals surface area contributed by atoms with Crippen molar-refractivity contribution in [3.63, 3.8) is 0 Å². The molecule has 0 aliphatic carbocycles. The van der Waals surface area contributed by atoms with Crippen LogP contribution in [0.2, 0.25) is 0 Å². The molecule has 20 heavy (non-hydrogen) atoms. The Hall–Kier alpha value is -0.650. The lowest BCUT2D eigenvalue weighted by atomic mass is 9.99. The molecular formula is C15H31N3O2. The Morgan fingerprint density at radius 2 is 2.10 bits per heavy atom. The molecular weight excluding hydrogens is 254 g/mol. The van der Waals surface area contributed by atoms with E-state index in [0.717, 1.165) is 31.8 Å². The summed E-state index contributed by atoms with van der Waals surface area (Å²) in [7, 11) is 1.66. The molecule has 1 atom stereocenters. The van der Waals surface area contributed by atoms with E-state index in [1.807, 2.05) is 0 Å². The number of methoxy groups -OCH3 is 1. The highest BCUT2D eigenvalue weighted by Crippen LogP contribution is 2.15. The van der Waals surface area contributed by atoms with Gasteiger partial charge in [0.25, 0.3) is 0 Å². The van der Waals surface area contributed by atoms with Gasteiger partial charge >= 0.3 is 0 Å². The Balaban J connectivity index is 2.01. The summed E-state index contributed by atoms with van der Waals surface area (Å²) in [6.45, 7) is 7.18. The summed E-state index contributed by atoms with van der Waals surface area (Å²) in [6.07, 6.45) is 5.12. The van der Waals surface area contributed by atoms with Crippen LogP contribution in [0.5, 0.6) is 0 Å². The molecule has 1 amide bonds. The van der Waals surface area contributed by atoms with Gasteiger partial charge in [0.05, 0.1) is 6.04 Å². The number of carbonyl (C=O) groups excluding carboxylic acids is 1. The predicted molar refractivity (Wildman–Crippen MR) is 81.6 cm³/mol. The van der Waals surface area contributed by atoms with E-state index in [2.05, 4.69) is 17.1 Å². The zero-order valence-corrected chi connectivity index (χ0v) is 13.1. The SMILES string of the molecule is COCCCC(N)C(=O)NCCCN1CCC(C)CC1. The van der Waals surface area contributed by atoms with Gasteiger partial charge in [-0.15, -0.1) is 0 Å². The largest absolute Gasteiger partial charge is 0.385 e. The second-order valence-corrected chi connectivity index (χ2v) is 5.91. The van der Waals surface area contributed by atoms with Crippen LogP contribution in [0.1, 0.15) is 39.0 Å². The van der Waals surface area contributed by atoms with Gasteiger partial charge in [0.2, 0.25) is 5.91 Å². The van der Waals surface area contributed by atoms with Gasteiger partial charge in [-0.1, -0.05) is 6.92 Å². The van der Waals surface area contributed by atoms with Crippen LogP contribution in [0.25, 0.3) is 0 Å². The van der Waals surface area contributed by atoms with Crippen LogP contribution in [0.4, 0.5) is 0 Å². The molecule has 5 heteroatoms. The average Bonchev–Trinajstić information content (AvgIpc) is 2.45. The van der Waals surface area contributed by atoms with Crippen LogP contribution >= 0.6 is 0 Å². The zero-order valence-electron chi connectivity index (χ0n) is 13.1. The molecule has 5 nitrogen and oxygen atoms in total. The van der Waals surface area contributed by atoms with Gasteiger partial charge in [0.1, 0.15) is 0 Å². The number of hydrogen-bond acceptors (Lipinski definition) is 4. The molecule has 1 aliphatic rings. The zero-order chi connectivity index (χ0) is 14.8. The summed E-state index contributed by atoms with van der Waals surface area (Å²) in [5, 5.41) is 2.93. The van der Waals surface area contributed by atoms with E-state index in [0.29, 0.717) is 13.0 Å². The number of hydrogen-bond donors (Lipinski definition) is 2. The van der Waals surface area contributed by atoms with Crippen LogP contribution in [-0.4, -0.2) is 56.7 Å². The lowest BCUT2D eigenvalue weighted by molar-refractivity contribution is -0.122. The maximum atomic E-state index is 11.7. The Labute approximate surface area is 123 Å². The molecule has 1 aliphatic heterocycles. The number of likely N-dealkylation sites (tertiary alicyclic amines) is 1. The van der Waals surface area contributed by atoms with E-state index in [4.69, 9.17) is 10.5 Å². The van der Waals surface area contributed by atoms with Gasteiger partial charge < -0.3 is 20.7 Å². The van der Waals surface area contributed by atoms with Crippen molar-refractivity contribution in [1.29, 1.82) is 0 Å². The van der Waals surface area contributed by atoms with Crippen molar-refractivity contribution in [3.8, 4) is 0 Å². The number of rotatable bonds is 9. The van der Waals surface area contributed by atoms with Gasteiger partial charge in [0, 0.05) is 20.3 Å². The smallest absolute Gasteiger partial charge is 0.236 e. The Morgan fingerprint density at radius 3 is 2.75 bits per heavy atom. The van der Waals surface area contributed by atoms with Crippen LogP contribution in [0, 0.1) is 5.92 Å². The third-order valence-electron chi connectivity index (χ3n) is 4.03. The minimum atomic E-state index is -0.402. The van der Waals surface area contributed by atoms with Gasteiger partial charge in [0.15, 0.2) is 0 Å². The quantitative estimate of drug-likeness (QED) is 0.620. The van der Waals surface area contributed by atoms with Crippen molar-refractivity contribution in [3.05, 3.63) is 0 Å². The van der Waals surface area contributed by atoms with E-state index in [9.17, 15) is 4.79 Å². The first kappa shape index (κ1) is 17.4. The summed E-state index contributed by atoms with van der Waals surface area (Å²) in [5.74, 6) is 0.837. The molecule has 118 valence electrons. The number of nitrogens with zero attached hydrogens (tertiary/aromatic N) is 1. The van der Waals surface area contributed by atoms with E-state index < -0.39 is 6.04 Å². The Kier molecular flexibility index (Phi) is 8.82. The lowest BCUT2D eigenvalue weighted by Gasteiger charge is -2.30. The van der Waals surface area contributed by atoms with Crippen molar-refractivity contribution in [2.75, 3.05) is 39.9 Å². The molecule has 1 saturated heterocycles. The third-order valence-corrected chi connectivity index (χ3v) is 4.03. The number of nitrogens with two attached hydrogens (primary N) is 1. The maximum Gasteiger partial charge on any atom is 0.236 e. The maximum absolute atomic E-state index is 11.7. The number of nitrogens with one attached hydrogen (secondary N) is 1. The molecule has 3 N–H and O–H groups in total. The number of ether oxygens (including phenoxy) is 1. The fraction of sp³-hybridized carbons (Fsp3) is 0.933. The first-order valence-electron chi connectivity index (χ1n) is 7.88. The van der Waals surface area contributed by atoms with E-state index in [1.54, 1.807) is 7.11 Å². The molecule has 1 rings (SSSR count). The average molecular weight is 285 g/mol. The van der Waals surface area contributed by atoms with Crippen LogP contribution in [0.15, 0.2) is 0 Å². The van der Waals surface area contributed by atoms with Crippen molar-refractivity contribution >= 4 is 5.91 Å². The van der Waals surface area contributed by atoms with Crippen LogP contribution < -0.4 is 11.1 Å². The Morgan fingerprint density at radius 1 is 1.40 bits per heavy atom. The molecule has 0 aromatic carbocycles. The Bertz CT molecular complexity index is 266. The van der Waals surface area contributed by atoms with E-state index in [1.165, 1.54) is 25.9 Å². The van der Waals surface area contributed by atoms with Crippen molar-refractivity contribution in [1.82, 2.24) is 10.2 Å². The standard InChI is InChI=1S/C15H31N3O2/c1-13-6-10-18(11-7-13)9-4-8-17-15(19)14(16)5-3-12-20-2/h13-14H,3-12,16H2,1-2H3,(H,17,19). The van der Waals surface area contributed by atoms with Crippen molar-refractivity contribution in [2.24, 2.45) is 11.7 Å². The molecule has 1 heterocycles. The van der Waals surface area contributed by atoms with Gasteiger partial charge in [-0.2, -0.15) is 0 Å². The number of carbonyl (C=O) groups is 1. The molecule has 0 aromatic heterocycles. The predicted octanol–water partition coefficient (Wildman–Crippen LogP) is 0.979. The molecule has 0 saturated carbocycles. The highest BCUT2D eigenvalue weighted by molar-refractivity contribution is 5.81. The molecule has 0 spiro atoms. The first-order valence-corrected chi connectivity index (χ1v) is 7.88. The monoisotopic (exact) mass is 285 g/mol. The third kappa shape index (κ3) is 7.22. The number of piperidine rings is 1. The highest BCUT2D eigenvalue weighted by Gasteiger charge is 2.15. The topological polar surface area (TPSA) is 67.6 Å². The molecule has 0 bridgehead atoms. The number of amides is 1. The second kappa shape index (κ2) is 10.1. The molecule has 0 aromatic rings. The highest BCUT2D eigenvalue weighted by atomic mass is 16.5. The van der Waals surface area contributed by atoms with Gasteiger partial charge in [-0.05, 0) is 57.7 Å². The van der Waals surface area contributed by atoms with Crippen molar-refractivity contribution in [2.45, 2.75) is 45.1 Å². The molecule has 0 radical (unpaired) electrons. The lowest BCUT2D eigenvalue weighted by Crippen LogP contribution is -2.42. The fourth-order valence-electron chi connectivity index (χ4n) is 2.51. The summed E-state index contributed by atoms with van der Waals surface area (Å²) >= 11 is 0. The summed E-state index contributed by atoms with van der Waals surface area (Å²) < 4.78 is 4.95.